The van der Waals surface area contributed by atoms with Gasteiger partial charge in [0.1, 0.15) is 47.7 Å². The van der Waals surface area contributed by atoms with Crippen molar-refractivity contribution >= 4 is 0 Å². The molecule has 10 heteroatoms. The maximum atomic E-state index is 13.7. The zero-order valence-corrected chi connectivity index (χ0v) is 18.1. The summed E-state index contributed by atoms with van der Waals surface area (Å²) in [4.78, 5) is 0. The second-order valence-electron chi connectivity index (χ2n) is 8.13. The van der Waals surface area contributed by atoms with Gasteiger partial charge in [-0.3, -0.25) is 0 Å². The first-order valence-corrected chi connectivity index (χ1v) is 10.3. The summed E-state index contributed by atoms with van der Waals surface area (Å²) in [6.45, 7) is 1.59. The highest BCUT2D eigenvalue weighted by atomic mass is 19.1. The van der Waals surface area contributed by atoms with Crippen molar-refractivity contribution in [2.75, 3.05) is 13.2 Å². The number of benzene rings is 2. The Morgan fingerprint density at radius 2 is 1.09 bits per heavy atom. The van der Waals surface area contributed by atoms with Crippen molar-refractivity contribution in [3.8, 4) is 0 Å². The number of rotatable bonds is 10. The molecule has 0 amide bonds. The molecule has 2 aromatic carbocycles. The van der Waals surface area contributed by atoms with Crippen LogP contribution < -0.4 is 0 Å². The molecule has 0 aliphatic carbocycles. The van der Waals surface area contributed by atoms with Gasteiger partial charge in [0.2, 0.25) is 0 Å². The normalized spacial score (nSPS) is 21.8. The van der Waals surface area contributed by atoms with Crippen molar-refractivity contribution in [2.24, 2.45) is 0 Å². The van der Waals surface area contributed by atoms with E-state index in [1.54, 1.807) is 13.8 Å². The maximum Gasteiger partial charge on any atom is 0.164 e. The van der Waals surface area contributed by atoms with E-state index < -0.39 is 66.7 Å². The van der Waals surface area contributed by atoms with Gasteiger partial charge in [0.25, 0.3) is 0 Å². The van der Waals surface area contributed by atoms with Gasteiger partial charge in [0.15, 0.2) is 5.79 Å². The molecule has 4 atom stereocenters. The molecule has 1 fully saturated rings. The first-order chi connectivity index (χ1) is 15.6. The fourth-order valence-electron chi connectivity index (χ4n) is 3.51. The Balaban J connectivity index is 1.56. The summed E-state index contributed by atoms with van der Waals surface area (Å²) in [5.74, 6) is -4.26. The molecule has 1 saturated heterocycles. The Labute approximate surface area is 188 Å². The smallest absolute Gasteiger partial charge is 0.164 e. The Hall–Kier alpha value is -2.08. The van der Waals surface area contributed by atoms with Crippen LogP contribution in [0, 0.1) is 23.3 Å². The predicted octanol–water partition coefficient (Wildman–Crippen LogP) is 3.22. The molecule has 0 aromatic heterocycles. The van der Waals surface area contributed by atoms with Crippen molar-refractivity contribution in [3.05, 3.63) is 70.8 Å². The van der Waals surface area contributed by atoms with E-state index in [-0.39, 0.29) is 24.3 Å². The van der Waals surface area contributed by atoms with Crippen molar-refractivity contribution < 1.29 is 46.7 Å². The summed E-state index contributed by atoms with van der Waals surface area (Å²) >= 11 is 0. The first kappa shape index (κ1) is 25.5. The fraction of sp³-hybridized carbons (Fsp3) is 0.478. The van der Waals surface area contributed by atoms with Crippen molar-refractivity contribution in [1.82, 2.24) is 0 Å². The molecule has 33 heavy (non-hydrogen) atoms. The largest absolute Gasteiger partial charge is 0.388 e. The molecule has 0 radical (unpaired) electrons. The minimum Gasteiger partial charge on any atom is -0.388 e. The van der Waals surface area contributed by atoms with Crippen LogP contribution in [0.1, 0.15) is 25.0 Å². The molecule has 1 heterocycles. The van der Waals surface area contributed by atoms with Gasteiger partial charge in [0.05, 0.1) is 26.4 Å². The Bertz CT molecular complexity index is 827. The third-order valence-electron chi connectivity index (χ3n) is 5.12. The van der Waals surface area contributed by atoms with Gasteiger partial charge in [-0.2, -0.15) is 0 Å². The number of halogens is 4. The molecule has 6 nitrogen and oxygen atoms in total. The van der Waals surface area contributed by atoms with E-state index in [4.69, 9.17) is 18.9 Å². The average molecular weight is 474 g/mol. The van der Waals surface area contributed by atoms with Gasteiger partial charge in [-0.15, -0.1) is 0 Å². The number of aliphatic hydroxyl groups excluding tert-OH is 2. The van der Waals surface area contributed by atoms with E-state index in [9.17, 15) is 27.8 Å². The van der Waals surface area contributed by atoms with Gasteiger partial charge in [-0.1, -0.05) is 12.1 Å². The summed E-state index contributed by atoms with van der Waals surface area (Å²) < 4.78 is 76.7. The summed E-state index contributed by atoms with van der Waals surface area (Å²) in [5.41, 5.74) is -0.557. The van der Waals surface area contributed by atoms with Crippen LogP contribution in [-0.2, 0) is 32.2 Å². The summed E-state index contributed by atoms with van der Waals surface area (Å²) in [7, 11) is 0. The molecule has 3 rings (SSSR count). The third kappa shape index (κ3) is 6.50. The van der Waals surface area contributed by atoms with Gasteiger partial charge in [-0.25, -0.2) is 17.6 Å². The Kier molecular flexibility index (Phi) is 8.43. The van der Waals surface area contributed by atoms with E-state index in [0.717, 1.165) is 24.3 Å². The summed E-state index contributed by atoms with van der Waals surface area (Å²) in [5, 5.41) is 21.0. The summed E-state index contributed by atoms with van der Waals surface area (Å²) in [6.07, 6.45) is -4.75. The molecular weight excluding hydrogens is 448 g/mol. The van der Waals surface area contributed by atoms with Crippen LogP contribution in [0.2, 0.25) is 0 Å². The number of hydrogen-bond acceptors (Lipinski definition) is 6. The molecular formula is C23H26F4O6. The monoisotopic (exact) mass is 474 g/mol. The molecule has 2 N–H and O–H groups in total. The highest BCUT2D eigenvalue weighted by Crippen LogP contribution is 2.32. The lowest BCUT2D eigenvalue weighted by atomic mass is 10.0. The SMILES string of the molecule is CC1(C)O[C@H]([C@H](O)COCc2c(F)cccc2F)[C@@H]([C@H](O)COCc2c(F)cccc2F)O1. The van der Waals surface area contributed by atoms with E-state index >= 15 is 0 Å². The second kappa shape index (κ2) is 10.9. The molecule has 182 valence electrons. The molecule has 0 saturated carbocycles. The van der Waals surface area contributed by atoms with Crippen LogP contribution >= 0.6 is 0 Å². The Morgan fingerprint density at radius 1 is 0.758 bits per heavy atom. The van der Waals surface area contributed by atoms with E-state index in [1.165, 1.54) is 12.1 Å². The standard InChI is InChI=1S/C23H26F4O6/c1-23(2)32-21(19(28)11-30-9-13-15(24)5-3-6-16(13)25)22(33-23)20(29)12-31-10-14-17(26)7-4-8-18(14)27/h3-8,19-22,28-29H,9-12H2,1-2H3/t19-,20-,21-,22-/m1/s1. The average Bonchev–Trinajstić information content (AvgIpc) is 3.08. The highest BCUT2D eigenvalue weighted by molar-refractivity contribution is 5.19. The Morgan fingerprint density at radius 3 is 1.42 bits per heavy atom. The van der Waals surface area contributed by atoms with Crippen molar-refractivity contribution in [3.63, 3.8) is 0 Å². The predicted molar refractivity (Wildman–Crippen MR) is 108 cm³/mol. The van der Waals surface area contributed by atoms with E-state index in [0.29, 0.717) is 0 Å². The highest BCUT2D eigenvalue weighted by Gasteiger charge is 2.48. The lowest BCUT2D eigenvalue weighted by Crippen LogP contribution is -2.45. The minimum absolute atomic E-state index is 0.279. The molecule has 0 spiro atoms. The third-order valence-corrected chi connectivity index (χ3v) is 5.12. The van der Waals surface area contributed by atoms with Crippen LogP contribution in [0.25, 0.3) is 0 Å². The topological polar surface area (TPSA) is 77.4 Å². The lowest BCUT2D eigenvalue weighted by molar-refractivity contribution is -0.165. The molecule has 1 aliphatic heterocycles. The molecule has 2 aromatic rings. The number of hydrogen-bond donors (Lipinski definition) is 2. The van der Waals surface area contributed by atoms with Crippen LogP contribution in [0.3, 0.4) is 0 Å². The quantitative estimate of drug-likeness (QED) is 0.515. The second-order valence-corrected chi connectivity index (χ2v) is 8.13. The van der Waals surface area contributed by atoms with Gasteiger partial charge < -0.3 is 29.2 Å². The number of ether oxygens (including phenoxy) is 4. The lowest BCUT2D eigenvalue weighted by Gasteiger charge is -2.25. The van der Waals surface area contributed by atoms with Crippen LogP contribution in [0.5, 0.6) is 0 Å². The van der Waals surface area contributed by atoms with Crippen molar-refractivity contribution in [2.45, 2.75) is 57.3 Å². The van der Waals surface area contributed by atoms with Crippen molar-refractivity contribution in [1.29, 1.82) is 0 Å². The number of aliphatic hydroxyl groups is 2. The molecule has 0 bridgehead atoms. The van der Waals surface area contributed by atoms with E-state index in [2.05, 4.69) is 0 Å². The minimum atomic E-state index is -1.31. The van der Waals surface area contributed by atoms with Crippen LogP contribution in [0.15, 0.2) is 36.4 Å². The maximum absolute atomic E-state index is 13.7. The molecule has 0 unspecified atom stereocenters. The van der Waals surface area contributed by atoms with Gasteiger partial charge >= 0.3 is 0 Å². The van der Waals surface area contributed by atoms with Crippen LogP contribution in [0.4, 0.5) is 17.6 Å². The fourth-order valence-corrected chi connectivity index (χ4v) is 3.51. The van der Waals surface area contributed by atoms with Gasteiger partial charge in [-0.05, 0) is 38.1 Å². The first-order valence-electron chi connectivity index (χ1n) is 10.3. The molecule has 1 aliphatic rings. The zero-order chi connectivity index (χ0) is 24.2. The van der Waals surface area contributed by atoms with E-state index in [1.807, 2.05) is 0 Å². The zero-order valence-electron chi connectivity index (χ0n) is 18.1. The summed E-state index contributed by atoms with van der Waals surface area (Å²) in [6, 6.07) is 6.82. The van der Waals surface area contributed by atoms with Gasteiger partial charge in [0, 0.05) is 11.1 Å². The van der Waals surface area contributed by atoms with Crippen LogP contribution in [-0.4, -0.2) is 53.6 Å².